The molecule has 4 N–H and O–H groups in total. The number of nitrogens with zero attached hydrogens (tertiary/aromatic N) is 2. The first-order valence-electron chi connectivity index (χ1n) is 21.4. The van der Waals surface area contributed by atoms with Gasteiger partial charge in [-0.2, -0.15) is 0 Å². The van der Waals surface area contributed by atoms with Crippen LogP contribution in [0, 0.1) is 12.8 Å². The molecule has 12 heteroatoms. The number of carbonyl (C=O) groups excluding carboxylic acids is 4. The molecule has 0 aliphatic carbocycles. The fourth-order valence-electron chi connectivity index (χ4n) is 7.60. The Hall–Kier alpha value is -5.39. The normalized spacial score (nSPS) is 16.6. The molecule has 62 heavy (non-hydrogen) atoms. The number of amides is 4. The molecule has 11 nitrogen and oxygen atoms in total. The van der Waals surface area contributed by atoms with Gasteiger partial charge in [0.05, 0.1) is 23.7 Å². The number of anilines is 2. The van der Waals surface area contributed by atoms with Gasteiger partial charge in [-0.25, -0.2) is 4.79 Å². The number of aryl methyl sites for hydroxylation is 2. The smallest absolute Gasteiger partial charge is 0.410 e. The third-order valence-corrected chi connectivity index (χ3v) is 11.1. The second-order valence-electron chi connectivity index (χ2n) is 18.8. The number of rotatable bonds is 10. The molecule has 2 unspecified atom stereocenters. The number of carbonyl (C=O) groups is 4. The highest BCUT2D eigenvalue weighted by Gasteiger charge is 2.37. The lowest BCUT2D eigenvalue weighted by Crippen LogP contribution is -2.52. The van der Waals surface area contributed by atoms with Gasteiger partial charge in [0.1, 0.15) is 5.60 Å². The monoisotopic (exact) mass is 865 g/mol. The highest BCUT2D eigenvalue weighted by Crippen LogP contribution is 2.34. The molecule has 2 heterocycles. The minimum atomic E-state index is -0.731. The number of fused-ring (bicyclic) bond motifs is 1. The van der Waals surface area contributed by atoms with Crippen molar-refractivity contribution in [2.24, 2.45) is 5.92 Å². The van der Waals surface area contributed by atoms with Crippen LogP contribution in [0.3, 0.4) is 0 Å². The molecule has 6 rings (SSSR count). The zero-order valence-electron chi connectivity index (χ0n) is 37.8. The SMILES string of the molecule is CC(=O)N1CCCc2cc(-c3ccc(C(=O)NC(C)(C)COC(C)(C)CNC(=O)C4CC(c5cccc(C)c5)CN(C(=O)OC(C)(C)C)C4)cc3)ccc21.Nc1ccc(Cl)cc1. The van der Waals surface area contributed by atoms with E-state index in [1.807, 2.05) is 109 Å². The molecule has 0 spiro atoms. The second-order valence-corrected chi connectivity index (χ2v) is 19.2. The molecule has 0 radical (unpaired) electrons. The number of hydrogen-bond donors (Lipinski definition) is 3. The van der Waals surface area contributed by atoms with Crippen LogP contribution in [0.15, 0.2) is 91.0 Å². The first-order valence-corrected chi connectivity index (χ1v) is 21.8. The zero-order valence-corrected chi connectivity index (χ0v) is 38.5. The van der Waals surface area contributed by atoms with Crippen LogP contribution in [0.25, 0.3) is 11.1 Å². The van der Waals surface area contributed by atoms with Crippen LogP contribution in [0.5, 0.6) is 0 Å². The third-order valence-electron chi connectivity index (χ3n) is 10.9. The fourth-order valence-corrected chi connectivity index (χ4v) is 7.72. The summed E-state index contributed by atoms with van der Waals surface area (Å²) < 4.78 is 12.0. The van der Waals surface area contributed by atoms with E-state index < -0.39 is 28.8 Å². The summed E-state index contributed by atoms with van der Waals surface area (Å²) in [6.07, 6.45) is 2.06. The van der Waals surface area contributed by atoms with Gasteiger partial charge in [-0.05, 0) is 145 Å². The Morgan fingerprint density at radius 3 is 2.16 bits per heavy atom. The molecule has 0 saturated carbocycles. The molecule has 2 aliphatic rings. The molecule has 2 atom stereocenters. The van der Waals surface area contributed by atoms with Crippen LogP contribution in [-0.4, -0.2) is 78.2 Å². The Morgan fingerprint density at radius 2 is 1.53 bits per heavy atom. The molecule has 0 aromatic heterocycles. The van der Waals surface area contributed by atoms with Crippen molar-refractivity contribution in [2.75, 3.05) is 43.4 Å². The van der Waals surface area contributed by atoms with Gasteiger partial charge in [-0.3, -0.25) is 14.4 Å². The van der Waals surface area contributed by atoms with Crippen LogP contribution >= 0.6 is 11.6 Å². The van der Waals surface area contributed by atoms with Crippen LogP contribution in [0.2, 0.25) is 5.02 Å². The van der Waals surface area contributed by atoms with Gasteiger partial charge in [0.25, 0.3) is 5.91 Å². The lowest BCUT2D eigenvalue weighted by molar-refractivity contribution is -0.128. The Morgan fingerprint density at radius 1 is 0.855 bits per heavy atom. The maximum atomic E-state index is 13.6. The van der Waals surface area contributed by atoms with Gasteiger partial charge >= 0.3 is 6.09 Å². The maximum Gasteiger partial charge on any atom is 0.410 e. The van der Waals surface area contributed by atoms with Crippen molar-refractivity contribution >= 4 is 46.8 Å². The minimum absolute atomic E-state index is 0.00417. The van der Waals surface area contributed by atoms with Crippen molar-refractivity contribution in [3.8, 4) is 11.1 Å². The van der Waals surface area contributed by atoms with Crippen LogP contribution in [-0.2, 0) is 25.5 Å². The van der Waals surface area contributed by atoms with Crippen molar-refractivity contribution in [1.82, 2.24) is 15.5 Å². The minimum Gasteiger partial charge on any atom is -0.444 e. The van der Waals surface area contributed by atoms with Gasteiger partial charge in [0.2, 0.25) is 11.8 Å². The number of halogens is 1. The van der Waals surface area contributed by atoms with Crippen molar-refractivity contribution in [3.63, 3.8) is 0 Å². The van der Waals surface area contributed by atoms with Crippen molar-refractivity contribution < 1.29 is 28.7 Å². The Bertz CT molecular complexity index is 2180. The Balaban J connectivity index is 0.000000814. The number of nitrogens with two attached hydrogens (primary N) is 1. The molecule has 2 aliphatic heterocycles. The number of benzene rings is 4. The predicted molar refractivity (Wildman–Crippen MR) is 249 cm³/mol. The molecule has 332 valence electrons. The summed E-state index contributed by atoms with van der Waals surface area (Å²) in [5.74, 6) is -0.713. The van der Waals surface area contributed by atoms with Gasteiger partial charge < -0.3 is 35.6 Å². The van der Waals surface area contributed by atoms with E-state index in [-0.39, 0.29) is 43.3 Å². The summed E-state index contributed by atoms with van der Waals surface area (Å²) >= 11 is 5.56. The largest absolute Gasteiger partial charge is 0.444 e. The summed E-state index contributed by atoms with van der Waals surface area (Å²) in [6.45, 7) is 18.8. The number of nitrogens with one attached hydrogen (secondary N) is 2. The van der Waals surface area contributed by atoms with Crippen molar-refractivity contribution in [3.05, 3.63) is 118 Å². The van der Waals surface area contributed by atoms with E-state index in [9.17, 15) is 19.2 Å². The van der Waals surface area contributed by atoms with Crippen molar-refractivity contribution in [1.29, 1.82) is 0 Å². The summed E-state index contributed by atoms with van der Waals surface area (Å²) in [5, 5.41) is 6.90. The summed E-state index contributed by atoms with van der Waals surface area (Å²) in [7, 11) is 0. The molecule has 4 amide bonds. The number of nitrogen functional groups attached to an aromatic ring is 1. The van der Waals surface area contributed by atoms with E-state index in [0.717, 1.165) is 63.6 Å². The summed E-state index contributed by atoms with van der Waals surface area (Å²) in [5.41, 5.74) is 11.0. The second kappa shape index (κ2) is 20.2. The number of ether oxygens (including phenoxy) is 2. The van der Waals surface area contributed by atoms with E-state index in [1.165, 1.54) is 0 Å². The highest BCUT2D eigenvalue weighted by atomic mass is 35.5. The van der Waals surface area contributed by atoms with Crippen LogP contribution in [0.4, 0.5) is 16.2 Å². The fraction of sp³-hybridized carbons (Fsp3) is 0.440. The topological polar surface area (TPSA) is 143 Å². The zero-order chi connectivity index (χ0) is 45.4. The molecule has 1 fully saturated rings. The Labute approximate surface area is 372 Å². The molecule has 0 bridgehead atoms. The lowest BCUT2D eigenvalue weighted by atomic mass is 9.83. The average molecular weight is 867 g/mol. The lowest BCUT2D eigenvalue weighted by Gasteiger charge is -2.38. The number of piperidine rings is 1. The first kappa shape index (κ1) is 47.7. The number of hydrogen-bond acceptors (Lipinski definition) is 7. The van der Waals surface area contributed by atoms with Crippen LogP contribution in [0.1, 0.15) is 101 Å². The molecule has 4 aromatic rings. The molecule has 1 saturated heterocycles. The summed E-state index contributed by atoms with van der Waals surface area (Å²) in [4.78, 5) is 55.7. The Kier molecular flexibility index (Phi) is 15.5. The van der Waals surface area contributed by atoms with E-state index >= 15 is 0 Å². The van der Waals surface area contributed by atoms with Gasteiger partial charge in [0.15, 0.2) is 0 Å². The van der Waals surface area contributed by atoms with Gasteiger partial charge in [-0.1, -0.05) is 59.6 Å². The molecular formula is C50H64ClN5O6. The number of likely N-dealkylation sites (tertiary alicyclic amines) is 1. The highest BCUT2D eigenvalue weighted by molar-refractivity contribution is 6.30. The van der Waals surface area contributed by atoms with E-state index in [0.29, 0.717) is 18.5 Å². The maximum absolute atomic E-state index is 13.6. The first-order chi connectivity index (χ1) is 29.1. The molecule has 4 aromatic carbocycles. The van der Waals surface area contributed by atoms with Gasteiger partial charge in [-0.15, -0.1) is 0 Å². The standard InChI is InChI=1S/C44H58N4O6.C6H6ClN/c1-29-12-10-13-33(22-29)36-24-37(26-47(25-36)41(52)54-42(3,4)5)39(50)45-27-44(8,9)53-28-43(6,7)46-40(51)32-17-15-31(16-18-32)34-19-20-38-35(23-34)14-11-21-48(38)30(2)49;7-5-1-3-6(8)4-2-5/h10,12-13,15-20,22-23,36-37H,11,14,21,24-28H2,1-9H3,(H,45,50)(H,46,51);1-4H,8H2. The van der Waals surface area contributed by atoms with Gasteiger partial charge in [0, 0.05) is 61.0 Å². The third kappa shape index (κ3) is 13.8. The van der Waals surface area contributed by atoms with E-state index in [1.54, 1.807) is 36.1 Å². The van der Waals surface area contributed by atoms with E-state index in [4.69, 9.17) is 26.8 Å². The van der Waals surface area contributed by atoms with Crippen LogP contribution < -0.4 is 21.3 Å². The average Bonchev–Trinajstić information content (AvgIpc) is 3.22. The summed E-state index contributed by atoms with van der Waals surface area (Å²) in [6, 6.07) is 29.0. The van der Waals surface area contributed by atoms with Crippen molar-refractivity contribution in [2.45, 2.75) is 104 Å². The predicted octanol–water partition coefficient (Wildman–Crippen LogP) is 9.34. The quantitative estimate of drug-likeness (QED) is 0.135. The van der Waals surface area contributed by atoms with E-state index in [2.05, 4.69) is 28.8 Å². The molecular weight excluding hydrogens is 802 g/mol.